The molecule has 0 spiro atoms. The average molecular weight is 270 g/mol. The van der Waals surface area contributed by atoms with E-state index in [1.807, 2.05) is 0 Å². The number of rotatable bonds is 5. The molecule has 2 rings (SSSR count). The van der Waals surface area contributed by atoms with Crippen molar-refractivity contribution < 1.29 is 4.79 Å². The number of nitrogen functional groups attached to an aromatic ring is 1. The molecule has 1 aliphatic rings. The number of anilines is 1. The number of pyridine rings is 1. The largest absolute Gasteiger partial charge is 0.397 e. The third-order valence-corrected chi connectivity index (χ3v) is 3.12. The highest BCUT2D eigenvalue weighted by Crippen LogP contribution is 2.34. The summed E-state index contributed by atoms with van der Waals surface area (Å²) in [5.74, 6) is 0.759. The van der Waals surface area contributed by atoms with Gasteiger partial charge in [-0.05, 0) is 30.9 Å². The van der Waals surface area contributed by atoms with E-state index in [2.05, 4.69) is 17.2 Å². The van der Waals surface area contributed by atoms with Crippen LogP contribution in [0.2, 0.25) is 0 Å². The van der Waals surface area contributed by atoms with Crippen LogP contribution in [-0.4, -0.2) is 16.9 Å². The van der Waals surface area contributed by atoms with E-state index in [1.165, 1.54) is 12.8 Å². The number of carbonyl (C=O) groups is 1. The molecule has 4 nitrogen and oxygen atoms in total. The molecule has 1 heterocycles. The minimum atomic E-state index is 0. The number of nitrogens with one attached hydrogen (secondary N) is 1. The Balaban J connectivity index is 0.00000162. The summed E-state index contributed by atoms with van der Waals surface area (Å²) in [5, 5.41) is 3.04. The highest BCUT2D eigenvalue weighted by molar-refractivity contribution is 5.85. The number of carbonyl (C=O) groups excluding carboxylic acids is 1. The molecule has 3 N–H and O–H groups in total. The average Bonchev–Trinajstić information content (AvgIpc) is 3.00. The van der Waals surface area contributed by atoms with Gasteiger partial charge in [0.1, 0.15) is 0 Å². The van der Waals surface area contributed by atoms with Crippen LogP contribution >= 0.6 is 12.4 Å². The van der Waals surface area contributed by atoms with E-state index in [0.29, 0.717) is 24.1 Å². The first-order valence-corrected chi connectivity index (χ1v) is 6.18. The SMILES string of the molecule is CCCC1CC1NC(=O)Cc1ccc(N)cn1.Cl. The summed E-state index contributed by atoms with van der Waals surface area (Å²) in [4.78, 5) is 15.8. The quantitative estimate of drug-likeness (QED) is 0.858. The Labute approximate surface area is 114 Å². The standard InChI is InChI=1S/C13H19N3O.ClH/c1-2-3-9-6-12(9)16-13(17)7-11-5-4-10(14)8-15-11;/h4-5,8-9,12H,2-3,6-7,14H2,1H3,(H,16,17);1H. The summed E-state index contributed by atoms with van der Waals surface area (Å²) in [6, 6.07) is 3.97. The van der Waals surface area contributed by atoms with Crippen LogP contribution in [0.25, 0.3) is 0 Å². The van der Waals surface area contributed by atoms with Crippen molar-refractivity contribution in [3.63, 3.8) is 0 Å². The third kappa shape index (κ3) is 4.18. The molecule has 2 unspecified atom stereocenters. The number of amides is 1. The smallest absolute Gasteiger partial charge is 0.226 e. The van der Waals surface area contributed by atoms with Gasteiger partial charge in [0.15, 0.2) is 0 Å². The van der Waals surface area contributed by atoms with E-state index in [0.717, 1.165) is 12.1 Å². The number of halogens is 1. The molecule has 0 radical (unpaired) electrons. The first-order chi connectivity index (χ1) is 8.19. The highest BCUT2D eigenvalue weighted by atomic mass is 35.5. The van der Waals surface area contributed by atoms with Gasteiger partial charge in [0, 0.05) is 11.7 Å². The maximum atomic E-state index is 11.7. The molecule has 0 bridgehead atoms. The summed E-state index contributed by atoms with van der Waals surface area (Å²) < 4.78 is 0. The number of hydrogen-bond acceptors (Lipinski definition) is 3. The molecule has 0 aliphatic heterocycles. The number of nitrogens with two attached hydrogens (primary N) is 1. The van der Waals surface area contributed by atoms with Gasteiger partial charge in [0.05, 0.1) is 18.3 Å². The van der Waals surface area contributed by atoms with Crippen LogP contribution in [0.15, 0.2) is 18.3 Å². The zero-order chi connectivity index (χ0) is 12.3. The van der Waals surface area contributed by atoms with Gasteiger partial charge in [-0.15, -0.1) is 12.4 Å². The van der Waals surface area contributed by atoms with E-state index >= 15 is 0 Å². The molecule has 1 saturated carbocycles. The second kappa shape index (κ2) is 6.59. The topological polar surface area (TPSA) is 68.0 Å². The van der Waals surface area contributed by atoms with Gasteiger partial charge >= 0.3 is 0 Å². The van der Waals surface area contributed by atoms with Crippen LogP contribution in [-0.2, 0) is 11.2 Å². The van der Waals surface area contributed by atoms with Crippen molar-refractivity contribution in [2.24, 2.45) is 5.92 Å². The fourth-order valence-electron chi connectivity index (χ4n) is 2.08. The zero-order valence-electron chi connectivity index (χ0n) is 10.6. The van der Waals surface area contributed by atoms with Crippen molar-refractivity contribution in [1.29, 1.82) is 0 Å². The van der Waals surface area contributed by atoms with Gasteiger partial charge in [0.25, 0.3) is 0 Å². The van der Waals surface area contributed by atoms with Crippen LogP contribution in [0.3, 0.4) is 0 Å². The maximum absolute atomic E-state index is 11.7. The predicted molar refractivity (Wildman–Crippen MR) is 74.5 cm³/mol. The lowest BCUT2D eigenvalue weighted by Gasteiger charge is -2.04. The van der Waals surface area contributed by atoms with E-state index in [1.54, 1.807) is 18.3 Å². The Morgan fingerprint density at radius 3 is 2.94 bits per heavy atom. The molecule has 1 aromatic rings. The zero-order valence-corrected chi connectivity index (χ0v) is 11.4. The van der Waals surface area contributed by atoms with Gasteiger partial charge < -0.3 is 11.1 Å². The highest BCUT2D eigenvalue weighted by Gasteiger charge is 2.36. The molecule has 0 saturated heterocycles. The Morgan fingerprint density at radius 1 is 1.56 bits per heavy atom. The van der Waals surface area contributed by atoms with Gasteiger partial charge in [-0.3, -0.25) is 9.78 Å². The number of nitrogens with zero attached hydrogens (tertiary/aromatic N) is 1. The fraction of sp³-hybridized carbons (Fsp3) is 0.538. The molecule has 100 valence electrons. The summed E-state index contributed by atoms with van der Waals surface area (Å²) in [6.07, 6.45) is 5.46. The summed E-state index contributed by atoms with van der Waals surface area (Å²) in [6.45, 7) is 2.18. The lowest BCUT2D eigenvalue weighted by molar-refractivity contribution is -0.120. The lowest BCUT2D eigenvalue weighted by atomic mass is 10.2. The predicted octanol–water partition coefficient (Wildman–Crippen LogP) is 1.93. The number of hydrogen-bond donors (Lipinski definition) is 2. The summed E-state index contributed by atoms with van der Waals surface area (Å²) in [5.41, 5.74) is 6.93. The molecule has 1 amide bonds. The van der Waals surface area contributed by atoms with Crippen molar-refractivity contribution in [1.82, 2.24) is 10.3 Å². The van der Waals surface area contributed by atoms with Crippen LogP contribution < -0.4 is 11.1 Å². The van der Waals surface area contributed by atoms with Gasteiger partial charge in [-0.1, -0.05) is 13.3 Å². The van der Waals surface area contributed by atoms with Gasteiger partial charge in [-0.2, -0.15) is 0 Å². The molecule has 2 atom stereocenters. The fourth-order valence-corrected chi connectivity index (χ4v) is 2.08. The first kappa shape index (κ1) is 14.8. The third-order valence-electron chi connectivity index (χ3n) is 3.12. The minimum Gasteiger partial charge on any atom is -0.397 e. The van der Waals surface area contributed by atoms with E-state index in [4.69, 9.17) is 5.73 Å². The van der Waals surface area contributed by atoms with Crippen molar-refractivity contribution in [3.8, 4) is 0 Å². The lowest BCUT2D eigenvalue weighted by Crippen LogP contribution is -2.28. The maximum Gasteiger partial charge on any atom is 0.226 e. The Bertz CT molecular complexity index is 394. The van der Waals surface area contributed by atoms with Crippen LogP contribution in [0.1, 0.15) is 31.9 Å². The van der Waals surface area contributed by atoms with E-state index in [9.17, 15) is 4.79 Å². The molecule has 18 heavy (non-hydrogen) atoms. The first-order valence-electron chi connectivity index (χ1n) is 6.18. The van der Waals surface area contributed by atoms with Gasteiger partial charge in [-0.25, -0.2) is 0 Å². The van der Waals surface area contributed by atoms with Gasteiger partial charge in [0.2, 0.25) is 5.91 Å². The molecular formula is C13H20ClN3O. The van der Waals surface area contributed by atoms with Crippen molar-refractivity contribution in [3.05, 3.63) is 24.0 Å². The Kier molecular flexibility index (Phi) is 5.41. The van der Waals surface area contributed by atoms with Crippen LogP contribution in [0.4, 0.5) is 5.69 Å². The van der Waals surface area contributed by atoms with Crippen LogP contribution in [0.5, 0.6) is 0 Å². The minimum absolute atomic E-state index is 0. The second-order valence-electron chi connectivity index (χ2n) is 4.72. The number of aromatic nitrogens is 1. The van der Waals surface area contributed by atoms with E-state index in [-0.39, 0.29) is 18.3 Å². The molecule has 1 aromatic heterocycles. The van der Waals surface area contributed by atoms with Crippen LogP contribution in [0, 0.1) is 5.92 Å². The van der Waals surface area contributed by atoms with E-state index < -0.39 is 0 Å². The molecule has 1 fully saturated rings. The summed E-state index contributed by atoms with van der Waals surface area (Å²) in [7, 11) is 0. The second-order valence-corrected chi connectivity index (χ2v) is 4.72. The Hall–Kier alpha value is -1.29. The molecular weight excluding hydrogens is 250 g/mol. The normalized spacial score (nSPS) is 20.9. The van der Waals surface area contributed by atoms with Crippen molar-refractivity contribution in [2.45, 2.75) is 38.6 Å². The molecule has 1 aliphatic carbocycles. The molecule has 0 aromatic carbocycles. The summed E-state index contributed by atoms with van der Waals surface area (Å²) >= 11 is 0. The Morgan fingerprint density at radius 2 is 2.33 bits per heavy atom. The monoisotopic (exact) mass is 269 g/mol. The molecule has 5 heteroatoms. The van der Waals surface area contributed by atoms with Crippen molar-refractivity contribution in [2.75, 3.05) is 5.73 Å². The van der Waals surface area contributed by atoms with Crippen molar-refractivity contribution >= 4 is 24.0 Å².